The molecule has 2 aromatic rings. The number of aliphatic hydroxyl groups is 1. The summed E-state index contributed by atoms with van der Waals surface area (Å²) in [5.74, 6) is 1.28. The van der Waals surface area contributed by atoms with Gasteiger partial charge in [0.05, 0.1) is 12.3 Å². The van der Waals surface area contributed by atoms with Gasteiger partial charge in [0.1, 0.15) is 5.82 Å². The minimum absolute atomic E-state index is 0.0644. The third-order valence-corrected chi connectivity index (χ3v) is 8.14. The third kappa shape index (κ3) is 3.57. The topological polar surface area (TPSA) is 62.2 Å². The van der Waals surface area contributed by atoms with Crippen molar-refractivity contribution in [1.29, 1.82) is 0 Å². The van der Waals surface area contributed by atoms with Crippen LogP contribution in [0.3, 0.4) is 0 Å². The fraction of sp³-hybridized carbons (Fsp3) is 0.481. The molecule has 0 bridgehead atoms. The minimum Gasteiger partial charge on any atom is -0.392 e. The molecule has 168 valence electrons. The molecule has 1 aromatic heterocycles. The largest absolute Gasteiger partial charge is 0.392 e. The van der Waals surface area contributed by atoms with Gasteiger partial charge in [0.25, 0.3) is 5.91 Å². The number of aryl methyl sites for hydroxylation is 1. The van der Waals surface area contributed by atoms with Crippen molar-refractivity contribution < 1.29 is 14.3 Å². The van der Waals surface area contributed by atoms with Gasteiger partial charge in [0.15, 0.2) is 0 Å². The maximum absolute atomic E-state index is 13.9. The molecule has 3 aliphatic carbocycles. The average Bonchev–Trinajstić information content (AvgIpc) is 3.14. The lowest BCUT2D eigenvalue weighted by Crippen LogP contribution is -2.41. The molecule has 1 fully saturated rings. The maximum atomic E-state index is 13.9. The molecular formula is C27H31FN2O2. The Bertz CT molecular complexity index is 1080. The number of aromatic nitrogens is 1. The molecule has 5 atom stereocenters. The van der Waals surface area contributed by atoms with Crippen molar-refractivity contribution in [3.63, 3.8) is 0 Å². The van der Waals surface area contributed by atoms with E-state index in [0.717, 1.165) is 37.7 Å². The first kappa shape index (κ1) is 21.3. The predicted molar refractivity (Wildman–Crippen MR) is 123 cm³/mol. The van der Waals surface area contributed by atoms with Crippen molar-refractivity contribution in [3.05, 3.63) is 70.8 Å². The summed E-state index contributed by atoms with van der Waals surface area (Å²) in [6, 6.07) is 7.77. The second-order valence-corrected chi connectivity index (χ2v) is 10.1. The van der Waals surface area contributed by atoms with E-state index in [0.29, 0.717) is 23.3 Å². The molecule has 1 amide bonds. The van der Waals surface area contributed by atoms with Gasteiger partial charge in [0, 0.05) is 18.3 Å². The van der Waals surface area contributed by atoms with Crippen LogP contribution in [0.4, 0.5) is 4.39 Å². The Morgan fingerprint density at radius 2 is 2.16 bits per heavy atom. The number of fused-ring (bicyclic) bond motifs is 5. The molecule has 2 N–H and O–H groups in total. The highest BCUT2D eigenvalue weighted by molar-refractivity contribution is 5.94. The van der Waals surface area contributed by atoms with Crippen molar-refractivity contribution >= 4 is 11.5 Å². The van der Waals surface area contributed by atoms with Gasteiger partial charge in [-0.1, -0.05) is 19.1 Å². The highest BCUT2D eigenvalue weighted by atomic mass is 19.1. The lowest BCUT2D eigenvalue weighted by Gasteiger charge is -2.50. The zero-order chi connectivity index (χ0) is 22.5. The van der Waals surface area contributed by atoms with Gasteiger partial charge in [-0.25, -0.2) is 4.39 Å². The molecule has 1 saturated carbocycles. The number of allylic oxidation sites excluding steroid dienone is 2. The van der Waals surface area contributed by atoms with Crippen molar-refractivity contribution in [1.82, 2.24) is 10.3 Å². The van der Waals surface area contributed by atoms with E-state index in [9.17, 15) is 14.3 Å². The zero-order valence-corrected chi connectivity index (χ0v) is 18.8. The van der Waals surface area contributed by atoms with Crippen LogP contribution in [0.2, 0.25) is 0 Å². The number of nitrogens with one attached hydrogen (secondary N) is 1. The van der Waals surface area contributed by atoms with E-state index in [-0.39, 0.29) is 23.7 Å². The quantitative estimate of drug-likeness (QED) is 0.721. The van der Waals surface area contributed by atoms with Crippen LogP contribution in [0.1, 0.15) is 72.5 Å². The molecule has 1 unspecified atom stereocenters. The molecule has 0 saturated heterocycles. The summed E-state index contributed by atoms with van der Waals surface area (Å²) in [7, 11) is 0. The summed E-state index contributed by atoms with van der Waals surface area (Å²) in [4.78, 5) is 16.5. The lowest BCUT2D eigenvalue weighted by molar-refractivity contribution is 0.0883. The highest BCUT2D eigenvalue weighted by Gasteiger charge is 2.52. The Labute approximate surface area is 189 Å². The Kier molecular flexibility index (Phi) is 5.40. The van der Waals surface area contributed by atoms with Crippen molar-refractivity contribution in [3.8, 4) is 0 Å². The minimum atomic E-state index is -0.554. The van der Waals surface area contributed by atoms with E-state index < -0.39 is 6.10 Å². The number of benzene rings is 1. The van der Waals surface area contributed by atoms with E-state index in [2.05, 4.69) is 29.4 Å². The number of rotatable bonds is 4. The zero-order valence-electron chi connectivity index (χ0n) is 18.8. The fourth-order valence-corrected chi connectivity index (χ4v) is 6.64. The molecule has 3 aliphatic rings. The number of aliphatic hydroxyl groups excluding tert-OH is 1. The summed E-state index contributed by atoms with van der Waals surface area (Å²) in [6.45, 7) is 4.29. The second kappa shape index (κ2) is 8.11. The standard InChI is InChI=1S/C27H31FN2O2/c1-16(31)13-30-26(32)18-4-5-21-17(11-18)3-6-23-22(21)9-10-27(2)24(7-8-25(23)27)19-12-20(28)15-29-14-19/h4-5,7,11-12,14-16,22-23,25,31H,3,6,8-10,13H2,1-2H3,(H,30,32)/t16?,22-,23-,25+,27-/m1/s1. The van der Waals surface area contributed by atoms with Crippen LogP contribution in [-0.4, -0.2) is 28.6 Å². The lowest BCUT2D eigenvalue weighted by atomic mass is 9.54. The molecule has 1 aromatic carbocycles. The predicted octanol–water partition coefficient (Wildman–Crippen LogP) is 4.88. The molecular weight excluding hydrogens is 403 g/mol. The normalized spacial score (nSPS) is 29.4. The summed E-state index contributed by atoms with van der Waals surface area (Å²) < 4.78 is 13.9. The first-order chi connectivity index (χ1) is 15.4. The van der Waals surface area contributed by atoms with Crippen molar-refractivity contribution in [2.24, 2.45) is 17.3 Å². The first-order valence-electron chi connectivity index (χ1n) is 11.8. The molecule has 5 rings (SSSR count). The van der Waals surface area contributed by atoms with Gasteiger partial charge in [-0.2, -0.15) is 0 Å². The van der Waals surface area contributed by atoms with Crippen LogP contribution in [0.15, 0.2) is 42.7 Å². The van der Waals surface area contributed by atoms with Crippen LogP contribution in [-0.2, 0) is 6.42 Å². The van der Waals surface area contributed by atoms with E-state index >= 15 is 0 Å². The monoisotopic (exact) mass is 434 g/mol. The summed E-state index contributed by atoms with van der Waals surface area (Å²) in [5, 5.41) is 12.2. The number of halogens is 1. The van der Waals surface area contributed by atoms with Crippen LogP contribution in [0.5, 0.6) is 0 Å². The molecule has 4 nitrogen and oxygen atoms in total. The molecule has 5 heteroatoms. The smallest absolute Gasteiger partial charge is 0.251 e. The number of hydrogen-bond donors (Lipinski definition) is 2. The van der Waals surface area contributed by atoms with Gasteiger partial charge in [0.2, 0.25) is 0 Å². The summed E-state index contributed by atoms with van der Waals surface area (Å²) in [5.41, 5.74) is 5.62. The van der Waals surface area contributed by atoms with Gasteiger partial charge in [-0.15, -0.1) is 0 Å². The first-order valence-corrected chi connectivity index (χ1v) is 11.8. The van der Waals surface area contributed by atoms with Gasteiger partial charge < -0.3 is 10.4 Å². The number of pyridine rings is 1. The van der Waals surface area contributed by atoms with Gasteiger partial charge >= 0.3 is 0 Å². The van der Waals surface area contributed by atoms with E-state index in [4.69, 9.17) is 0 Å². The Hall–Kier alpha value is -2.53. The van der Waals surface area contributed by atoms with Crippen molar-refractivity contribution in [2.75, 3.05) is 6.54 Å². The number of carbonyl (C=O) groups excluding carboxylic acids is 1. The Balaban J connectivity index is 1.37. The summed E-state index contributed by atoms with van der Waals surface area (Å²) >= 11 is 0. The van der Waals surface area contributed by atoms with Crippen molar-refractivity contribution in [2.45, 2.75) is 58.0 Å². The SMILES string of the molecule is CC(O)CNC(=O)c1ccc2c(c1)CC[C@@H]1[C@@H]2CC[C@]2(C)C(c3cncc(F)c3)=CC[C@@H]12. The summed E-state index contributed by atoms with van der Waals surface area (Å²) in [6.07, 6.45) is 10.2. The highest BCUT2D eigenvalue weighted by Crippen LogP contribution is 2.63. The number of nitrogens with zero attached hydrogens (tertiary/aromatic N) is 1. The maximum Gasteiger partial charge on any atom is 0.251 e. The number of hydrogen-bond acceptors (Lipinski definition) is 3. The van der Waals surface area contributed by atoms with Gasteiger partial charge in [-0.05, 0) is 103 Å². The molecule has 32 heavy (non-hydrogen) atoms. The number of carbonyl (C=O) groups is 1. The molecule has 1 heterocycles. The van der Waals surface area contributed by atoms with Crippen LogP contribution < -0.4 is 5.32 Å². The van der Waals surface area contributed by atoms with Crippen LogP contribution in [0.25, 0.3) is 5.57 Å². The fourth-order valence-electron chi connectivity index (χ4n) is 6.64. The van der Waals surface area contributed by atoms with Crippen LogP contribution in [0, 0.1) is 23.1 Å². The van der Waals surface area contributed by atoms with Crippen LogP contribution >= 0.6 is 0 Å². The van der Waals surface area contributed by atoms with Gasteiger partial charge in [-0.3, -0.25) is 9.78 Å². The second-order valence-electron chi connectivity index (χ2n) is 10.1. The average molecular weight is 435 g/mol. The van der Waals surface area contributed by atoms with E-state index in [1.54, 1.807) is 19.2 Å². The Morgan fingerprint density at radius 1 is 1.31 bits per heavy atom. The third-order valence-electron chi connectivity index (χ3n) is 8.14. The number of amides is 1. The Morgan fingerprint density at radius 3 is 2.94 bits per heavy atom. The van der Waals surface area contributed by atoms with E-state index in [1.807, 2.05) is 12.1 Å². The molecule has 0 spiro atoms. The molecule has 0 radical (unpaired) electrons. The van der Waals surface area contributed by atoms with E-state index in [1.165, 1.54) is 22.9 Å². The molecule has 0 aliphatic heterocycles.